The molecule has 1 aliphatic rings. The van der Waals surface area contributed by atoms with E-state index in [-0.39, 0.29) is 5.56 Å². The highest BCUT2D eigenvalue weighted by Crippen LogP contribution is 2.31. The molecule has 0 radical (unpaired) electrons. The molecule has 0 unspecified atom stereocenters. The molecule has 2 aromatic carbocycles. The Balaban J connectivity index is 1.35. The van der Waals surface area contributed by atoms with Crippen LogP contribution in [-0.2, 0) is 6.42 Å². The van der Waals surface area contributed by atoms with Gasteiger partial charge in [-0.25, -0.2) is 19.4 Å². The number of carboxylic acid groups (broad SMARTS) is 1. The monoisotopic (exact) mass is 430 g/mol. The van der Waals surface area contributed by atoms with Gasteiger partial charge in [0.15, 0.2) is 11.6 Å². The van der Waals surface area contributed by atoms with Crippen molar-refractivity contribution < 1.29 is 14.5 Å². The predicted octanol–water partition coefficient (Wildman–Crippen LogP) is 3.91. The van der Waals surface area contributed by atoms with Crippen molar-refractivity contribution in [2.24, 2.45) is 5.92 Å². The van der Waals surface area contributed by atoms with Crippen LogP contribution in [0.2, 0.25) is 0 Å². The zero-order valence-electron chi connectivity index (χ0n) is 17.3. The molecule has 9 nitrogen and oxygen atoms in total. The van der Waals surface area contributed by atoms with Gasteiger partial charge in [-0.05, 0) is 65.3 Å². The summed E-state index contributed by atoms with van der Waals surface area (Å²) in [6.45, 7) is 1.71. The molecule has 1 saturated heterocycles. The van der Waals surface area contributed by atoms with E-state index in [9.17, 15) is 4.79 Å². The van der Waals surface area contributed by atoms with E-state index in [2.05, 4.69) is 54.8 Å². The number of nitrogens with zero attached hydrogens (tertiary/aromatic N) is 5. The van der Waals surface area contributed by atoms with E-state index in [0.717, 1.165) is 32.4 Å². The average Bonchev–Trinajstić information content (AvgIpc) is 3.28. The van der Waals surface area contributed by atoms with Crippen molar-refractivity contribution in [3.63, 3.8) is 0 Å². The fourth-order valence-corrected chi connectivity index (χ4v) is 4.06. The van der Waals surface area contributed by atoms with E-state index in [1.165, 1.54) is 5.56 Å². The number of aromatic carboxylic acids is 1. The van der Waals surface area contributed by atoms with E-state index in [4.69, 9.17) is 9.74 Å². The summed E-state index contributed by atoms with van der Waals surface area (Å²) in [6, 6.07) is 17.1. The molecule has 3 heterocycles. The van der Waals surface area contributed by atoms with Crippen molar-refractivity contribution in [1.29, 1.82) is 0 Å². The summed E-state index contributed by atoms with van der Waals surface area (Å²) in [5.41, 5.74) is 2.97. The first-order chi connectivity index (χ1) is 15.7. The molecule has 0 saturated carbocycles. The second-order valence-corrected chi connectivity index (χ2v) is 7.93. The molecule has 0 amide bonds. The molecular formula is C23H22N6O3. The molecule has 4 aromatic rings. The van der Waals surface area contributed by atoms with Crippen LogP contribution < -0.4 is 10.2 Å². The lowest BCUT2D eigenvalue weighted by Crippen LogP contribution is -2.35. The maximum Gasteiger partial charge on any atom is 0.335 e. The fraction of sp³-hybridized carbons (Fsp3) is 0.261. The minimum atomic E-state index is -0.967. The average molecular weight is 430 g/mol. The number of hydrogen-bond acceptors (Lipinski definition) is 8. The van der Waals surface area contributed by atoms with Crippen LogP contribution in [0.15, 0.2) is 59.2 Å². The quantitative estimate of drug-likeness (QED) is 0.469. The summed E-state index contributed by atoms with van der Waals surface area (Å²) in [4.78, 5) is 22.5. The molecule has 9 heteroatoms. The van der Waals surface area contributed by atoms with Crippen LogP contribution in [0.4, 0.5) is 17.3 Å². The minimum absolute atomic E-state index is 0.221. The first kappa shape index (κ1) is 19.9. The Bertz CT molecular complexity index is 1220. The smallest absolute Gasteiger partial charge is 0.335 e. The van der Waals surface area contributed by atoms with E-state index in [1.807, 2.05) is 6.07 Å². The number of piperidine rings is 1. The van der Waals surface area contributed by atoms with E-state index in [0.29, 0.717) is 34.5 Å². The maximum atomic E-state index is 11.1. The van der Waals surface area contributed by atoms with Gasteiger partial charge in [0.05, 0.1) is 5.56 Å². The summed E-state index contributed by atoms with van der Waals surface area (Å²) in [5.74, 6) is 0.885. The normalized spacial score (nSPS) is 14.6. The van der Waals surface area contributed by atoms with E-state index >= 15 is 0 Å². The van der Waals surface area contributed by atoms with Crippen LogP contribution in [-0.4, -0.2) is 44.4 Å². The van der Waals surface area contributed by atoms with Gasteiger partial charge in [-0.15, -0.1) is 0 Å². The lowest BCUT2D eigenvalue weighted by atomic mass is 9.90. The third-order valence-electron chi connectivity index (χ3n) is 5.77. The summed E-state index contributed by atoms with van der Waals surface area (Å²) in [7, 11) is 0. The summed E-state index contributed by atoms with van der Waals surface area (Å²) < 4.78 is 4.80. The predicted molar refractivity (Wildman–Crippen MR) is 119 cm³/mol. The van der Waals surface area contributed by atoms with Crippen molar-refractivity contribution in [1.82, 2.24) is 20.3 Å². The van der Waals surface area contributed by atoms with Gasteiger partial charge >= 0.3 is 5.97 Å². The Hall–Kier alpha value is -4.01. The Morgan fingerprint density at radius 3 is 2.38 bits per heavy atom. The lowest BCUT2D eigenvalue weighted by Gasteiger charge is -2.33. The van der Waals surface area contributed by atoms with Gasteiger partial charge in [-0.2, -0.15) is 0 Å². The van der Waals surface area contributed by atoms with Gasteiger partial charge in [0.2, 0.25) is 11.3 Å². The van der Waals surface area contributed by atoms with Crippen molar-refractivity contribution in [2.45, 2.75) is 19.3 Å². The molecule has 0 aliphatic carbocycles. The number of rotatable bonds is 6. The molecule has 1 fully saturated rings. The fourth-order valence-electron chi connectivity index (χ4n) is 4.06. The Kier molecular flexibility index (Phi) is 5.37. The van der Waals surface area contributed by atoms with Crippen molar-refractivity contribution in [3.05, 3.63) is 65.7 Å². The largest absolute Gasteiger partial charge is 0.478 e. The van der Waals surface area contributed by atoms with Crippen molar-refractivity contribution in [2.75, 3.05) is 23.3 Å². The Morgan fingerprint density at radius 1 is 1.00 bits per heavy atom. The third-order valence-corrected chi connectivity index (χ3v) is 5.77. The molecular weight excluding hydrogens is 408 g/mol. The highest BCUT2D eigenvalue weighted by molar-refractivity contribution is 5.88. The highest BCUT2D eigenvalue weighted by atomic mass is 16.6. The zero-order chi connectivity index (χ0) is 21.9. The second kappa shape index (κ2) is 8.62. The van der Waals surface area contributed by atoms with Crippen LogP contribution >= 0.6 is 0 Å². The maximum absolute atomic E-state index is 11.1. The van der Waals surface area contributed by atoms with Gasteiger partial charge in [0.25, 0.3) is 0 Å². The van der Waals surface area contributed by atoms with Crippen LogP contribution in [0.1, 0.15) is 28.8 Å². The number of aromatic nitrogens is 4. The number of anilines is 3. The van der Waals surface area contributed by atoms with Gasteiger partial charge in [0.1, 0.15) is 0 Å². The summed E-state index contributed by atoms with van der Waals surface area (Å²) in [6.07, 6.45) is 3.19. The summed E-state index contributed by atoms with van der Waals surface area (Å²) >= 11 is 0. The van der Waals surface area contributed by atoms with Gasteiger partial charge in [-0.3, -0.25) is 0 Å². The minimum Gasteiger partial charge on any atom is -0.478 e. The molecule has 1 aliphatic heterocycles. The van der Waals surface area contributed by atoms with E-state index < -0.39 is 5.97 Å². The first-order valence-electron chi connectivity index (χ1n) is 10.6. The number of hydrogen-bond donors (Lipinski definition) is 2. The first-order valence-corrected chi connectivity index (χ1v) is 10.6. The number of carboxylic acids is 1. The van der Waals surface area contributed by atoms with Crippen LogP contribution in [0, 0.1) is 5.92 Å². The van der Waals surface area contributed by atoms with Crippen molar-refractivity contribution in [3.8, 4) is 0 Å². The van der Waals surface area contributed by atoms with Crippen LogP contribution in [0.5, 0.6) is 0 Å². The van der Waals surface area contributed by atoms with Crippen LogP contribution in [0.3, 0.4) is 0 Å². The SMILES string of the molecule is O=C(O)c1ccc(Nc2nc3nonc3nc2N2CCC(Cc3ccccc3)CC2)cc1. The van der Waals surface area contributed by atoms with Crippen molar-refractivity contribution >= 4 is 34.6 Å². The Morgan fingerprint density at radius 2 is 1.69 bits per heavy atom. The molecule has 0 atom stereocenters. The molecule has 0 bridgehead atoms. The molecule has 5 rings (SSSR count). The second-order valence-electron chi connectivity index (χ2n) is 7.93. The van der Waals surface area contributed by atoms with Gasteiger partial charge < -0.3 is 15.3 Å². The summed E-state index contributed by atoms with van der Waals surface area (Å²) in [5, 5.41) is 20.0. The number of fused-ring (bicyclic) bond motifs is 1. The highest BCUT2D eigenvalue weighted by Gasteiger charge is 2.24. The van der Waals surface area contributed by atoms with E-state index in [1.54, 1.807) is 24.3 Å². The number of benzene rings is 2. The molecule has 0 spiro atoms. The van der Waals surface area contributed by atoms with Crippen LogP contribution in [0.25, 0.3) is 11.3 Å². The molecule has 32 heavy (non-hydrogen) atoms. The lowest BCUT2D eigenvalue weighted by molar-refractivity contribution is 0.0697. The number of nitrogens with one attached hydrogen (secondary N) is 1. The molecule has 2 N–H and O–H groups in total. The number of carbonyl (C=O) groups is 1. The standard InChI is InChI=1S/C23H22N6O3/c30-23(31)17-6-8-18(9-7-17)24-21-22(26-20-19(25-21)27-32-28-20)29-12-10-16(11-13-29)14-15-4-2-1-3-5-15/h1-9,16H,10-14H2,(H,30,31)(H,24,25,27). The van der Waals surface area contributed by atoms with Gasteiger partial charge in [0, 0.05) is 18.8 Å². The zero-order valence-corrected chi connectivity index (χ0v) is 17.3. The molecule has 2 aromatic heterocycles. The Labute approximate surface area is 184 Å². The molecule has 162 valence electrons. The topological polar surface area (TPSA) is 117 Å². The third kappa shape index (κ3) is 4.22. The van der Waals surface area contributed by atoms with Gasteiger partial charge in [-0.1, -0.05) is 30.3 Å².